The summed E-state index contributed by atoms with van der Waals surface area (Å²) in [5.41, 5.74) is 1.22. The van der Waals surface area contributed by atoms with Gasteiger partial charge in [0.2, 0.25) is 0 Å². The maximum absolute atomic E-state index is 6.01. The highest BCUT2D eigenvalue weighted by Crippen LogP contribution is 2.30. The van der Waals surface area contributed by atoms with Crippen molar-refractivity contribution >= 4 is 26.7 Å². The summed E-state index contributed by atoms with van der Waals surface area (Å²) in [5.74, 6) is 1.96. The summed E-state index contributed by atoms with van der Waals surface area (Å²) in [4.78, 5) is 0. The second kappa shape index (κ2) is 11.4. The zero-order chi connectivity index (χ0) is 17.9. The molecule has 0 saturated heterocycles. The molecule has 0 unspecified atom stereocenters. The molecule has 3 heteroatoms. The zero-order valence-corrected chi connectivity index (χ0v) is 17.2. The van der Waals surface area contributed by atoms with Crippen LogP contribution in [0, 0.1) is 6.92 Å². The van der Waals surface area contributed by atoms with Crippen molar-refractivity contribution in [1.29, 1.82) is 0 Å². The fraction of sp³-hybridized carbons (Fsp3) is 0.545. The molecule has 0 atom stereocenters. The molecule has 0 aliphatic rings. The van der Waals surface area contributed by atoms with E-state index in [2.05, 4.69) is 60.1 Å². The van der Waals surface area contributed by atoms with Gasteiger partial charge in [0, 0.05) is 5.33 Å². The van der Waals surface area contributed by atoms with E-state index in [9.17, 15) is 0 Å². The Bertz CT molecular complexity index is 639. The Hall–Kier alpha value is -1.22. The molecular formula is C22H31BrO2. The van der Waals surface area contributed by atoms with Gasteiger partial charge in [0.25, 0.3) is 0 Å². The third kappa shape index (κ3) is 6.54. The number of aryl methyl sites for hydroxylation is 1. The number of hydrogen-bond acceptors (Lipinski definition) is 2. The summed E-state index contributed by atoms with van der Waals surface area (Å²) < 4.78 is 11.9. The number of unbranched alkanes of at least 4 members (excludes halogenated alkanes) is 5. The number of benzene rings is 2. The van der Waals surface area contributed by atoms with Gasteiger partial charge in [0.05, 0.1) is 13.2 Å². The molecule has 0 saturated carbocycles. The highest BCUT2D eigenvalue weighted by Gasteiger charge is 2.06. The lowest BCUT2D eigenvalue weighted by Crippen LogP contribution is -2.00. The molecule has 0 heterocycles. The van der Waals surface area contributed by atoms with Crippen LogP contribution >= 0.6 is 15.9 Å². The molecule has 25 heavy (non-hydrogen) atoms. The molecule has 0 aromatic heterocycles. The molecule has 0 radical (unpaired) electrons. The molecule has 2 nitrogen and oxygen atoms in total. The smallest absolute Gasteiger partial charge is 0.122 e. The van der Waals surface area contributed by atoms with E-state index in [0.29, 0.717) is 0 Å². The first-order valence-corrected chi connectivity index (χ1v) is 10.7. The van der Waals surface area contributed by atoms with Crippen molar-refractivity contribution < 1.29 is 9.47 Å². The first-order chi connectivity index (χ1) is 12.3. The van der Waals surface area contributed by atoms with Gasteiger partial charge in [-0.15, -0.1) is 0 Å². The van der Waals surface area contributed by atoms with Crippen LogP contribution in [0.1, 0.15) is 57.4 Å². The Balaban J connectivity index is 1.92. The lowest BCUT2D eigenvalue weighted by molar-refractivity contribution is 0.303. The van der Waals surface area contributed by atoms with Gasteiger partial charge in [-0.05, 0) is 60.7 Å². The molecule has 0 N–H and O–H groups in total. The quantitative estimate of drug-likeness (QED) is 0.277. The second-order valence-corrected chi connectivity index (χ2v) is 7.37. The van der Waals surface area contributed by atoms with E-state index in [1.165, 1.54) is 42.0 Å². The standard InChI is InChI=1S/C22H31BrO2/c1-3-4-5-6-8-16-25-22-13-10-19-17-20(24-15-9-7-14-23)11-12-21(19)18(22)2/h10-13,17H,3-9,14-16H2,1-2H3. The molecule has 138 valence electrons. The number of fused-ring (bicyclic) bond motifs is 1. The summed E-state index contributed by atoms with van der Waals surface area (Å²) >= 11 is 3.45. The molecule has 0 amide bonds. The molecule has 2 rings (SSSR count). The monoisotopic (exact) mass is 406 g/mol. The second-order valence-electron chi connectivity index (χ2n) is 6.58. The Morgan fingerprint density at radius 1 is 0.840 bits per heavy atom. The van der Waals surface area contributed by atoms with Crippen LogP contribution in [0.25, 0.3) is 10.8 Å². The summed E-state index contributed by atoms with van der Waals surface area (Å²) in [5, 5.41) is 3.50. The Morgan fingerprint density at radius 2 is 1.60 bits per heavy atom. The van der Waals surface area contributed by atoms with E-state index in [-0.39, 0.29) is 0 Å². The van der Waals surface area contributed by atoms with Crippen LogP contribution in [-0.4, -0.2) is 18.5 Å². The van der Waals surface area contributed by atoms with Gasteiger partial charge in [-0.3, -0.25) is 0 Å². The Morgan fingerprint density at radius 3 is 2.40 bits per heavy atom. The predicted molar refractivity (Wildman–Crippen MR) is 111 cm³/mol. The van der Waals surface area contributed by atoms with E-state index in [4.69, 9.17) is 9.47 Å². The molecule has 2 aromatic rings. The molecule has 0 bridgehead atoms. The molecular weight excluding hydrogens is 376 g/mol. The number of alkyl halides is 1. The largest absolute Gasteiger partial charge is 0.494 e. The van der Waals surface area contributed by atoms with Crippen LogP contribution in [0.5, 0.6) is 11.5 Å². The number of ether oxygens (including phenoxy) is 2. The topological polar surface area (TPSA) is 18.5 Å². The maximum atomic E-state index is 6.01. The van der Waals surface area contributed by atoms with Crippen LogP contribution in [0.3, 0.4) is 0 Å². The first kappa shape index (κ1) is 20.1. The van der Waals surface area contributed by atoms with Crippen LogP contribution in [0.2, 0.25) is 0 Å². The van der Waals surface area contributed by atoms with Gasteiger partial charge in [0.15, 0.2) is 0 Å². The van der Waals surface area contributed by atoms with Crippen molar-refractivity contribution in [3.8, 4) is 11.5 Å². The minimum Gasteiger partial charge on any atom is -0.494 e. The fourth-order valence-corrected chi connectivity index (χ4v) is 3.36. The minimum atomic E-state index is 0.773. The predicted octanol–water partition coefficient (Wildman–Crippen LogP) is 7.05. The van der Waals surface area contributed by atoms with Crippen molar-refractivity contribution in [2.24, 2.45) is 0 Å². The van der Waals surface area contributed by atoms with Crippen molar-refractivity contribution in [2.75, 3.05) is 18.5 Å². The van der Waals surface area contributed by atoms with Gasteiger partial charge in [-0.1, -0.05) is 60.7 Å². The van der Waals surface area contributed by atoms with Gasteiger partial charge in [-0.25, -0.2) is 0 Å². The van der Waals surface area contributed by atoms with E-state index in [0.717, 1.165) is 49.3 Å². The number of rotatable bonds is 12. The lowest BCUT2D eigenvalue weighted by atomic mass is 10.0. The van der Waals surface area contributed by atoms with Crippen LogP contribution in [0.4, 0.5) is 0 Å². The van der Waals surface area contributed by atoms with E-state index < -0.39 is 0 Å². The molecule has 2 aromatic carbocycles. The lowest BCUT2D eigenvalue weighted by Gasteiger charge is -2.13. The summed E-state index contributed by atoms with van der Waals surface area (Å²) in [6.45, 7) is 5.97. The van der Waals surface area contributed by atoms with Gasteiger partial charge in [0.1, 0.15) is 11.5 Å². The average Bonchev–Trinajstić information content (AvgIpc) is 2.63. The highest BCUT2D eigenvalue weighted by atomic mass is 79.9. The SMILES string of the molecule is CCCCCCCOc1ccc2cc(OCCCCBr)ccc2c1C. The molecule has 0 fully saturated rings. The fourth-order valence-electron chi connectivity index (χ4n) is 2.96. The van der Waals surface area contributed by atoms with E-state index >= 15 is 0 Å². The van der Waals surface area contributed by atoms with Crippen molar-refractivity contribution in [2.45, 2.75) is 58.8 Å². The van der Waals surface area contributed by atoms with Crippen molar-refractivity contribution in [1.82, 2.24) is 0 Å². The van der Waals surface area contributed by atoms with Crippen LogP contribution in [0.15, 0.2) is 30.3 Å². The summed E-state index contributed by atoms with van der Waals surface area (Å²) in [6, 6.07) is 10.6. The van der Waals surface area contributed by atoms with Crippen LogP contribution < -0.4 is 9.47 Å². The first-order valence-electron chi connectivity index (χ1n) is 9.61. The Labute approximate surface area is 161 Å². The minimum absolute atomic E-state index is 0.773. The normalized spacial score (nSPS) is 11.0. The third-order valence-electron chi connectivity index (χ3n) is 4.51. The Kier molecular flexibility index (Phi) is 9.17. The third-order valence-corrected chi connectivity index (χ3v) is 5.07. The highest BCUT2D eigenvalue weighted by molar-refractivity contribution is 9.09. The molecule has 0 aliphatic carbocycles. The zero-order valence-electron chi connectivity index (χ0n) is 15.7. The van der Waals surface area contributed by atoms with Crippen LogP contribution in [-0.2, 0) is 0 Å². The van der Waals surface area contributed by atoms with Crippen molar-refractivity contribution in [3.05, 3.63) is 35.9 Å². The van der Waals surface area contributed by atoms with Gasteiger partial charge >= 0.3 is 0 Å². The van der Waals surface area contributed by atoms with Crippen molar-refractivity contribution in [3.63, 3.8) is 0 Å². The maximum Gasteiger partial charge on any atom is 0.122 e. The van der Waals surface area contributed by atoms with Gasteiger partial charge < -0.3 is 9.47 Å². The molecule has 0 spiro atoms. The van der Waals surface area contributed by atoms with Gasteiger partial charge in [-0.2, -0.15) is 0 Å². The number of hydrogen-bond donors (Lipinski definition) is 0. The number of halogens is 1. The molecule has 0 aliphatic heterocycles. The summed E-state index contributed by atoms with van der Waals surface area (Å²) in [6.07, 6.45) is 8.55. The average molecular weight is 407 g/mol. The van der Waals surface area contributed by atoms with E-state index in [1.54, 1.807) is 0 Å². The summed E-state index contributed by atoms with van der Waals surface area (Å²) in [7, 11) is 0. The van der Waals surface area contributed by atoms with E-state index in [1.807, 2.05) is 0 Å².